The molecule has 1 amide bonds. The number of benzene rings is 3. The van der Waals surface area contributed by atoms with E-state index in [0.29, 0.717) is 11.0 Å². The van der Waals surface area contributed by atoms with Crippen molar-refractivity contribution in [3.8, 4) is 11.4 Å². The van der Waals surface area contributed by atoms with Gasteiger partial charge in [0.2, 0.25) is 11.1 Å². The van der Waals surface area contributed by atoms with Gasteiger partial charge in [-0.15, -0.1) is 5.10 Å². The van der Waals surface area contributed by atoms with Gasteiger partial charge in [-0.1, -0.05) is 88.4 Å². The molecule has 0 unspecified atom stereocenters. The van der Waals surface area contributed by atoms with Crippen LogP contribution in [0.1, 0.15) is 21.9 Å². The maximum absolute atomic E-state index is 13.3. The van der Waals surface area contributed by atoms with Crippen LogP contribution in [0.3, 0.4) is 0 Å². The summed E-state index contributed by atoms with van der Waals surface area (Å²) in [6.45, 7) is 3.99. The number of aromatic amines is 1. The molecule has 0 saturated heterocycles. The van der Waals surface area contributed by atoms with E-state index in [1.165, 1.54) is 11.8 Å². The van der Waals surface area contributed by atoms with Gasteiger partial charge >= 0.3 is 0 Å². The van der Waals surface area contributed by atoms with E-state index in [-0.39, 0.29) is 5.91 Å². The lowest BCUT2D eigenvalue weighted by Crippen LogP contribution is -2.19. The Morgan fingerprint density at radius 2 is 1.77 bits per heavy atom. The molecule has 4 rings (SSSR count). The predicted molar refractivity (Wildman–Crippen MR) is 129 cm³/mol. The third-order valence-corrected chi connectivity index (χ3v) is 6.62. The number of nitrogens with one attached hydrogen (secondary N) is 2. The van der Waals surface area contributed by atoms with Gasteiger partial charge in [0, 0.05) is 15.7 Å². The van der Waals surface area contributed by atoms with Gasteiger partial charge in [-0.25, -0.2) is 4.98 Å². The SMILES string of the molecule is Cc1ccc(C)c(NC(=O)[C@@H](Sc2n[nH]c(-c3ccccc3Br)n2)c2ccccc2)c1. The average Bonchev–Trinajstić information content (AvgIpc) is 3.24. The summed E-state index contributed by atoms with van der Waals surface area (Å²) in [6.07, 6.45) is 0. The highest BCUT2D eigenvalue weighted by Gasteiger charge is 2.25. The molecule has 0 spiro atoms. The minimum absolute atomic E-state index is 0.114. The lowest BCUT2D eigenvalue weighted by atomic mass is 10.1. The number of hydrogen-bond donors (Lipinski definition) is 2. The normalized spacial score (nSPS) is 11.8. The summed E-state index contributed by atoms with van der Waals surface area (Å²) in [7, 11) is 0. The number of thioether (sulfide) groups is 1. The Morgan fingerprint density at radius 3 is 2.55 bits per heavy atom. The monoisotopic (exact) mass is 492 g/mol. The zero-order valence-electron chi connectivity index (χ0n) is 17.1. The molecular formula is C24H21BrN4OS. The van der Waals surface area contributed by atoms with Crippen LogP contribution in [0.4, 0.5) is 5.69 Å². The largest absolute Gasteiger partial charge is 0.325 e. The van der Waals surface area contributed by atoms with E-state index in [4.69, 9.17) is 0 Å². The standard InChI is InChI=1S/C24H21BrN4OS/c1-15-12-13-16(2)20(14-15)26-23(30)21(17-8-4-3-5-9-17)31-24-27-22(28-29-24)18-10-6-7-11-19(18)25/h3-14,21H,1-2H3,(H,26,30)(H,27,28,29)/t21-/m0/s1. The summed E-state index contributed by atoms with van der Waals surface area (Å²) >= 11 is 4.86. The number of amides is 1. The van der Waals surface area contributed by atoms with E-state index in [0.717, 1.165) is 32.4 Å². The number of anilines is 1. The van der Waals surface area contributed by atoms with Gasteiger partial charge in [-0.2, -0.15) is 0 Å². The molecule has 7 heteroatoms. The maximum Gasteiger partial charge on any atom is 0.242 e. The smallest absolute Gasteiger partial charge is 0.242 e. The van der Waals surface area contributed by atoms with Crippen LogP contribution in [0.15, 0.2) is 82.4 Å². The number of carbonyl (C=O) groups is 1. The topological polar surface area (TPSA) is 70.7 Å². The molecule has 1 heterocycles. The third kappa shape index (κ3) is 5.06. The number of aromatic nitrogens is 3. The Kier molecular flexibility index (Phi) is 6.53. The van der Waals surface area contributed by atoms with E-state index in [9.17, 15) is 4.79 Å². The van der Waals surface area contributed by atoms with Crippen LogP contribution in [0, 0.1) is 13.8 Å². The first kappa shape index (κ1) is 21.3. The lowest BCUT2D eigenvalue weighted by molar-refractivity contribution is -0.115. The molecule has 0 fully saturated rings. The van der Waals surface area contributed by atoms with E-state index in [1.54, 1.807) is 0 Å². The molecule has 2 N–H and O–H groups in total. The first-order valence-corrected chi connectivity index (χ1v) is 11.5. The summed E-state index contributed by atoms with van der Waals surface area (Å²) in [5.74, 6) is 0.536. The molecule has 0 saturated carbocycles. The van der Waals surface area contributed by atoms with Crippen molar-refractivity contribution in [2.75, 3.05) is 5.32 Å². The highest BCUT2D eigenvalue weighted by molar-refractivity contribution is 9.10. The number of aryl methyl sites for hydroxylation is 2. The second-order valence-electron chi connectivity index (χ2n) is 7.16. The molecule has 3 aromatic carbocycles. The Labute approximate surface area is 193 Å². The van der Waals surface area contributed by atoms with Crippen molar-refractivity contribution >= 4 is 39.3 Å². The van der Waals surface area contributed by atoms with Crippen molar-refractivity contribution in [1.29, 1.82) is 0 Å². The minimum Gasteiger partial charge on any atom is -0.325 e. The first-order valence-electron chi connectivity index (χ1n) is 9.78. The van der Waals surface area contributed by atoms with Gasteiger partial charge in [0.05, 0.1) is 0 Å². The van der Waals surface area contributed by atoms with Crippen LogP contribution >= 0.6 is 27.7 Å². The van der Waals surface area contributed by atoms with Crippen LogP contribution < -0.4 is 5.32 Å². The highest BCUT2D eigenvalue weighted by atomic mass is 79.9. The summed E-state index contributed by atoms with van der Waals surface area (Å²) < 4.78 is 0.926. The number of carbonyl (C=O) groups excluding carboxylic acids is 1. The van der Waals surface area contributed by atoms with Crippen molar-refractivity contribution in [1.82, 2.24) is 15.2 Å². The Bertz CT molecular complexity index is 1210. The molecule has 31 heavy (non-hydrogen) atoms. The summed E-state index contributed by atoms with van der Waals surface area (Å²) in [4.78, 5) is 17.9. The fourth-order valence-corrected chi connectivity index (χ4v) is 4.53. The van der Waals surface area contributed by atoms with Gasteiger partial charge in [-0.05, 0) is 42.7 Å². The van der Waals surface area contributed by atoms with Crippen LogP contribution in [0.25, 0.3) is 11.4 Å². The van der Waals surface area contributed by atoms with Crippen LogP contribution in [0.2, 0.25) is 0 Å². The molecule has 1 aromatic heterocycles. The van der Waals surface area contributed by atoms with Crippen molar-refractivity contribution in [3.63, 3.8) is 0 Å². The van der Waals surface area contributed by atoms with Crippen LogP contribution in [-0.2, 0) is 4.79 Å². The number of halogens is 1. The molecule has 156 valence electrons. The molecule has 0 radical (unpaired) electrons. The molecule has 0 aliphatic rings. The van der Waals surface area contributed by atoms with Gasteiger partial charge in [0.15, 0.2) is 5.82 Å². The highest BCUT2D eigenvalue weighted by Crippen LogP contribution is 2.36. The van der Waals surface area contributed by atoms with E-state index in [1.807, 2.05) is 86.6 Å². The molecule has 0 aliphatic heterocycles. The fraction of sp³-hybridized carbons (Fsp3) is 0.125. The fourth-order valence-electron chi connectivity index (χ4n) is 3.15. The van der Waals surface area contributed by atoms with E-state index in [2.05, 4.69) is 36.4 Å². The third-order valence-electron chi connectivity index (χ3n) is 4.81. The maximum atomic E-state index is 13.3. The minimum atomic E-state index is -0.496. The number of H-pyrrole nitrogens is 1. The summed E-state index contributed by atoms with van der Waals surface area (Å²) in [5, 5.41) is 10.4. The van der Waals surface area contributed by atoms with Gasteiger partial charge < -0.3 is 5.32 Å². The second-order valence-corrected chi connectivity index (χ2v) is 9.09. The molecule has 0 aliphatic carbocycles. The molecule has 1 atom stereocenters. The van der Waals surface area contributed by atoms with E-state index < -0.39 is 5.25 Å². The molecule has 0 bridgehead atoms. The van der Waals surface area contributed by atoms with Gasteiger partial charge in [0.1, 0.15) is 5.25 Å². The average molecular weight is 493 g/mol. The predicted octanol–water partition coefficient (Wildman–Crippen LogP) is 6.32. The van der Waals surface area contributed by atoms with Crippen molar-refractivity contribution in [2.45, 2.75) is 24.3 Å². The molecular weight excluding hydrogens is 472 g/mol. The van der Waals surface area contributed by atoms with E-state index >= 15 is 0 Å². The molecule has 4 aromatic rings. The Balaban J connectivity index is 1.61. The summed E-state index contributed by atoms with van der Waals surface area (Å²) in [6, 6.07) is 23.5. The van der Waals surface area contributed by atoms with Crippen LogP contribution in [-0.4, -0.2) is 21.1 Å². The van der Waals surface area contributed by atoms with Gasteiger partial charge in [0.25, 0.3) is 0 Å². The first-order chi connectivity index (χ1) is 15.0. The van der Waals surface area contributed by atoms with Gasteiger partial charge in [-0.3, -0.25) is 9.89 Å². The quantitative estimate of drug-likeness (QED) is 0.308. The summed E-state index contributed by atoms with van der Waals surface area (Å²) in [5.41, 5.74) is 4.73. The molecule has 5 nitrogen and oxygen atoms in total. The van der Waals surface area contributed by atoms with Crippen LogP contribution in [0.5, 0.6) is 0 Å². The number of nitrogens with zero attached hydrogens (tertiary/aromatic N) is 2. The Morgan fingerprint density at radius 1 is 1.03 bits per heavy atom. The number of rotatable bonds is 6. The Hall–Kier alpha value is -2.90. The zero-order chi connectivity index (χ0) is 21.8. The van der Waals surface area contributed by atoms with Crippen molar-refractivity contribution in [2.24, 2.45) is 0 Å². The van der Waals surface area contributed by atoms with Crippen molar-refractivity contribution in [3.05, 3.63) is 94.0 Å². The lowest BCUT2D eigenvalue weighted by Gasteiger charge is -2.17. The second kappa shape index (κ2) is 9.49. The zero-order valence-corrected chi connectivity index (χ0v) is 19.5. The van der Waals surface area contributed by atoms with Crippen molar-refractivity contribution < 1.29 is 4.79 Å². The number of hydrogen-bond acceptors (Lipinski definition) is 4.